The van der Waals surface area contributed by atoms with E-state index in [4.69, 9.17) is 28.6 Å². The van der Waals surface area contributed by atoms with Gasteiger partial charge < -0.3 is 15.0 Å². The van der Waals surface area contributed by atoms with Crippen LogP contribution in [0.3, 0.4) is 0 Å². The van der Waals surface area contributed by atoms with E-state index in [-0.39, 0.29) is 10.7 Å². The summed E-state index contributed by atoms with van der Waals surface area (Å²) in [6, 6.07) is 6.92. The summed E-state index contributed by atoms with van der Waals surface area (Å²) in [6.07, 6.45) is -0.186. The molecular weight excluding hydrogens is 449 g/mol. The molecule has 1 saturated heterocycles. The number of nitrogens with one attached hydrogen (secondary N) is 1. The van der Waals surface area contributed by atoms with Crippen LogP contribution in [0.5, 0.6) is 0 Å². The number of morpholine rings is 1. The van der Waals surface area contributed by atoms with Crippen LogP contribution in [0.15, 0.2) is 42.7 Å². The Hall–Kier alpha value is -1.94. The molecule has 1 aliphatic heterocycles. The normalized spacial score (nSPS) is 15.0. The SMILES string of the molecule is FC(F)(F)c1ccc(Cl)c(NC(=S)N(CCCN2CCOCC2)Cc2cccnc2)c1. The molecule has 1 aromatic carbocycles. The Bertz CT molecular complexity index is 863. The summed E-state index contributed by atoms with van der Waals surface area (Å²) in [6.45, 7) is 5.25. The van der Waals surface area contributed by atoms with Crippen molar-refractivity contribution < 1.29 is 17.9 Å². The third-order valence-electron chi connectivity index (χ3n) is 4.92. The van der Waals surface area contributed by atoms with Gasteiger partial charge in [-0.2, -0.15) is 13.2 Å². The largest absolute Gasteiger partial charge is 0.416 e. The molecule has 0 atom stereocenters. The predicted octanol–water partition coefficient (Wildman–Crippen LogP) is 4.68. The molecule has 2 aromatic rings. The number of halogens is 4. The first kappa shape index (κ1) is 23.7. The number of thiocarbonyl (C=S) groups is 1. The quantitative estimate of drug-likeness (QED) is 0.590. The maximum atomic E-state index is 13.1. The van der Waals surface area contributed by atoms with Crippen molar-refractivity contribution in [3.63, 3.8) is 0 Å². The van der Waals surface area contributed by atoms with Crippen molar-refractivity contribution in [2.24, 2.45) is 0 Å². The maximum Gasteiger partial charge on any atom is 0.416 e. The zero-order chi connectivity index (χ0) is 22.3. The van der Waals surface area contributed by atoms with Gasteiger partial charge in [-0.1, -0.05) is 17.7 Å². The molecule has 2 heterocycles. The lowest BCUT2D eigenvalue weighted by molar-refractivity contribution is -0.137. The Morgan fingerprint density at radius 3 is 2.71 bits per heavy atom. The molecule has 0 amide bonds. The lowest BCUT2D eigenvalue weighted by Crippen LogP contribution is -2.40. The maximum absolute atomic E-state index is 13.1. The first-order valence-corrected chi connectivity index (χ1v) is 10.7. The van der Waals surface area contributed by atoms with Gasteiger partial charge in [-0.05, 0) is 48.5 Å². The van der Waals surface area contributed by atoms with Crippen LogP contribution in [-0.2, 0) is 17.5 Å². The number of aromatic nitrogens is 1. The van der Waals surface area contributed by atoms with E-state index >= 15 is 0 Å². The van der Waals surface area contributed by atoms with E-state index in [1.807, 2.05) is 17.0 Å². The number of hydrogen-bond donors (Lipinski definition) is 1. The molecule has 168 valence electrons. The number of anilines is 1. The fourth-order valence-corrected chi connectivity index (χ4v) is 3.70. The van der Waals surface area contributed by atoms with Gasteiger partial charge in [-0.3, -0.25) is 9.88 Å². The molecule has 1 aliphatic rings. The Balaban J connectivity index is 1.69. The summed E-state index contributed by atoms with van der Waals surface area (Å²) in [5.41, 5.74) is 0.298. The lowest BCUT2D eigenvalue weighted by atomic mass is 10.2. The van der Waals surface area contributed by atoms with Crippen molar-refractivity contribution in [1.29, 1.82) is 0 Å². The topological polar surface area (TPSA) is 40.6 Å². The van der Waals surface area contributed by atoms with E-state index in [9.17, 15) is 13.2 Å². The highest BCUT2D eigenvalue weighted by Gasteiger charge is 2.31. The molecule has 0 saturated carbocycles. The first-order chi connectivity index (χ1) is 14.8. The Morgan fingerprint density at radius 2 is 2.03 bits per heavy atom. The summed E-state index contributed by atoms with van der Waals surface area (Å²) in [7, 11) is 0. The minimum absolute atomic E-state index is 0.130. The van der Waals surface area contributed by atoms with Gasteiger partial charge in [0.15, 0.2) is 5.11 Å². The molecule has 31 heavy (non-hydrogen) atoms. The third kappa shape index (κ3) is 7.31. The van der Waals surface area contributed by atoms with Crippen LogP contribution in [-0.4, -0.2) is 59.3 Å². The van der Waals surface area contributed by atoms with Crippen molar-refractivity contribution in [2.45, 2.75) is 19.1 Å². The van der Waals surface area contributed by atoms with E-state index in [1.54, 1.807) is 12.4 Å². The molecule has 10 heteroatoms. The van der Waals surface area contributed by atoms with Crippen molar-refractivity contribution in [3.8, 4) is 0 Å². The van der Waals surface area contributed by atoms with E-state index in [0.29, 0.717) is 18.2 Å². The van der Waals surface area contributed by atoms with Gasteiger partial charge >= 0.3 is 6.18 Å². The van der Waals surface area contributed by atoms with Gasteiger partial charge in [-0.25, -0.2) is 0 Å². The van der Waals surface area contributed by atoms with Crippen molar-refractivity contribution in [1.82, 2.24) is 14.8 Å². The number of hydrogen-bond acceptors (Lipinski definition) is 4. The number of alkyl halides is 3. The van der Waals surface area contributed by atoms with Crippen LogP contribution in [0.25, 0.3) is 0 Å². The summed E-state index contributed by atoms with van der Waals surface area (Å²) in [4.78, 5) is 8.37. The second-order valence-electron chi connectivity index (χ2n) is 7.21. The van der Waals surface area contributed by atoms with Crippen LogP contribution >= 0.6 is 23.8 Å². The molecular formula is C21H24ClF3N4OS. The van der Waals surface area contributed by atoms with Crippen molar-refractivity contribution in [2.75, 3.05) is 44.7 Å². The molecule has 0 unspecified atom stereocenters. The molecule has 0 aliphatic carbocycles. The monoisotopic (exact) mass is 472 g/mol. The van der Waals surface area contributed by atoms with Crippen molar-refractivity contribution >= 4 is 34.6 Å². The minimum atomic E-state index is -4.46. The fraction of sp³-hybridized carbons (Fsp3) is 0.429. The minimum Gasteiger partial charge on any atom is -0.379 e. The van der Waals surface area contributed by atoms with Gasteiger partial charge in [0.1, 0.15) is 0 Å². The van der Waals surface area contributed by atoms with Gasteiger partial charge in [0.25, 0.3) is 0 Å². The van der Waals surface area contributed by atoms with Gasteiger partial charge in [0.05, 0.1) is 29.5 Å². The van der Waals surface area contributed by atoms with Gasteiger partial charge in [0, 0.05) is 45.1 Å². The third-order valence-corrected chi connectivity index (χ3v) is 5.61. The molecule has 1 fully saturated rings. The highest BCUT2D eigenvalue weighted by molar-refractivity contribution is 7.80. The fourth-order valence-electron chi connectivity index (χ4n) is 3.27. The molecule has 0 radical (unpaired) electrons. The van der Waals surface area contributed by atoms with E-state index in [2.05, 4.69) is 15.2 Å². The lowest BCUT2D eigenvalue weighted by Gasteiger charge is -2.30. The average Bonchev–Trinajstić information content (AvgIpc) is 2.75. The number of nitrogens with zero attached hydrogens (tertiary/aromatic N) is 3. The first-order valence-electron chi connectivity index (χ1n) is 9.94. The summed E-state index contributed by atoms with van der Waals surface area (Å²) in [5.74, 6) is 0. The van der Waals surface area contributed by atoms with Crippen LogP contribution in [0, 0.1) is 0 Å². The number of pyridine rings is 1. The Labute approximate surface area is 190 Å². The molecule has 0 bridgehead atoms. The van der Waals surface area contributed by atoms with Crippen LogP contribution < -0.4 is 5.32 Å². The smallest absolute Gasteiger partial charge is 0.379 e. The zero-order valence-electron chi connectivity index (χ0n) is 16.9. The molecule has 5 nitrogen and oxygen atoms in total. The number of ether oxygens (including phenoxy) is 1. The number of rotatable bonds is 7. The van der Waals surface area contributed by atoms with Gasteiger partial charge in [-0.15, -0.1) is 0 Å². The second-order valence-corrected chi connectivity index (χ2v) is 8.01. The number of benzene rings is 1. The Kier molecular flexibility index (Phi) is 8.48. The second kappa shape index (κ2) is 11.1. The van der Waals surface area contributed by atoms with Crippen LogP contribution in [0.1, 0.15) is 17.5 Å². The summed E-state index contributed by atoms with van der Waals surface area (Å²) >= 11 is 11.7. The average molecular weight is 473 g/mol. The van der Waals surface area contributed by atoms with E-state index in [1.165, 1.54) is 6.07 Å². The summed E-state index contributed by atoms with van der Waals surface area (Å²) < 4.78 is 44.6. The zero-order valence-corrected chi connectivity index (χ0v) is 18.4. The molecule has 1 N–H and O–H groups in total. The van der Waals surface area contributed by atoms with E-state index < -0.39 is 11.7 Å². The highest BCUT2D eigenvalue weighted by atomic mass is 35.5. The molecule has 1 aromatic heterocycles. The van der Waals surface area contributed by atoms with Crippen molar-refractivity contribution in [3.05, 3.63) is 58.9 Å². The molecule has 3 rings (SSSR count). The standard InChI is InChI=1S/C21H24ClF3N4OS/c22-18-5-4-17(21(23,24)25)13-19(18)27-20(31)29(15-16-3-1-6-26-14-16)8-2-7-28-9-11-30-12-10-28/h1,3-6,13-14H,2,7-12,15H2,(H,27,31). The van der Waals surface area contributed by atoms with Crippen LogP contribution in [0.2, 0.25) is 5.02 Å². The van der Waals surface area contributed by atoms with Gasteiger partial charge in [0.2, 0.25) is 0 Å². The highest BCUT2D eigenvalue weighted by Crippen LogP contribution is 2.34. The van der Waals surface area contributed by atoms with Crippen LogP contribution in [0.4, 0.5) is 18.9 Å². The van der Waals surface area contributed by atoms with E-state index in [0.717, 1.165) is 57.0 Å². The molecule has 0 spiro atoms. The Morgan fingerprint density at radius 1 is 1.26 bits per heavy atom. The predicted molar refractivity (Wildman–Crippen MR) is 119 cm³/mol. The summed E-state index contributed by atoms with van der Waals surface area (Å²) in [5, 5.41) is 3.39.